The van der Waals surface area contributed by atoms with Gasteiger partial charge in [0.15, 0.2) is 0 Å². The Labute approximate surface area is 99.1 Å². The molecule has 0 aliphatic carbocycles. The lowest BCUT2D eigenvalue weighted by atomic mass is 10.2. The monoisotopic (exact) mass is 247 g/mol. The topological polar surface area (TPSA) is 66.8 Å². The molecule has 6 heteroatoms. The van der Waals surface area contributed by atoms with Gasteiger partial charge in [-0.1, -0.05) is 0 Å². The van der Waals surface area contributed by atoms with E-state index >= 15 is 0 Å². The Morgan fingerprint density at radius 1 is 1.50 bits per heavy atom. The molecule has 0 radical (unpaired) electrons. The van der Waals surface area contributed by atoms with E-state index in [1.807, 2.05) is 0 Å². The van der Waals surface area contributed by atoms with Crippen LogP contribution in [0.4, 0.5) is 0 Å². The lowest BCUT2D eigenvalue weighted by molar-refractivity contribution is -0.133. The van der Waals surface area contributed by atoms with Crippen molar-refractivity contribution in [3.63, 3.8) is 0 Å². The van der Waals surface area contributed by atoms with Crippen molar-refractivity contribution in [2.24, 2.45) is 0 Å². The van der Waals surface area contributed by atoms with Gasteiger partial charge in [-0.2, -0.15) is 0 Å². The van der Waals surface area contributed by atoms with Crippen LogP contribution in [0.2, 0.25) is 0 Å². The Hall–Kier alpha value is -0.750. The van der Waals surface area contributed by atoms with Crippen LogP contribution in [0, 0.1) is 0 Å². The highest BCUT2D eigenvalue weighted by atomic mass is 32.2. The number of hydrogen-bond acceptors (Lipinski definition) is 4. The van der Waals surface area contributed by atoms with Crippen molar-refractivity contribution in [3.05, 3.63) is 0 Å². The molecule has 1 atom stereocenters. The summed E-state index contributed by atoms with van der Waals surface area (Å²) in [6.07, 6.45) is 2.21. The van der Waals surface area contributed by atoms with E-state index in [1.54, 1.807) is 11.9 Å². The number of carboxylic acid groups (broad SMARTS) is 1. The third-order valence-corrected chi connectivity index (χ3v) is 3.28. The highest BCUT2D eigenvalue weighted by Crippen LogP contribution is 2.13. The quantitative estimate of drug-likeness (QED) is 0.738. The van der Waals surface area contributed by atoms with Gasteiger partial charge in [0.05, 0.1) is 17.6 Å². The minimum Gasteiger partial charge on any atom is -0.481 e. The number of nitrogens with zero attached hydrogens (tertiary/aromatic N) is 1. The van der Waals surface area contributed by atoms with Crippen molar-refractivity contribution >= 4 is 23.6 Å². The molecule has 1 rings (SSSR count). The predicted octanol–water partition coefficient (Wildman–Crippen LogP) is 0.442. The largest absolute Gasteiger partial charge is 0.481 e. The van der Waals surface area contributed by atoms with Crippen LogP contribution in [0.1, 0.15) is 12.8 Å². The molecule has 16 heavy (non-hydrogen) atoms. The zero-order valence-corrected chi connectivity index (χ0v) is 10.2. The second-order valence-corrected chi connectivity index (χ2v) is 4.78. The van der Waals surface area contributed by atoms with Gasteiger partial charge in [-0.25, -0.2) is 0 Å². The summed E-state index contributed by atoms with van der Waals surface area (Å²) in [5.74, 6) is -0.740. The summed E-state index contributed by atoms with van der Waals surface area (Å²) < 4.78 is 5.42. The molecule has 0 saturated carbocycles. The standard InChI is InChI=1S/C10H17NO4S/c1-11(5-8-3-2-4-15-8)9(12)6-16-7-10(13)14/h8H,2-7H2,1H3,(H,13,14). The molecule has 1 unspecified atom stereocenters. The van der Waals surface area contributed by atoms with E-state index < -0.39 is 5.97 Å². The van der Waals surface area contributed by atoms with Gasteiger partial charge >= 0.3 is 5.97 Å². The minimum absolute atomic E-state index is 0.0283. The van der Waals surface area contributed by atoms with E-state index in [9.17, 15) is 9.59 Å². The highest BCUT2D eigenvalue weighted by Gasteiger charge is 2.19. The predicted molar refractivity (Wildman–Crippen MR) is 61.6 cm³/mol. The molecule has 0 spiro atoms. The van der Waals surface area contributed by atoms with Crippen LogP contribution < -0.4 is 0 Å². The van der Waals surface area contributed by atoms with Crippen molar-refractivity contribution in [1.29, 1.82) is 0 Å². The van der Waals surface area contributed by atoms with E-state index in [-0.39, 0.29) is 23.5 Å². The van der Waals surface area contributed by atoms with Crippen molar-refractivity contribution in [2.45, 2.75) is 18.9 Å². The maximum absolute atomic E-state index is 11.6. The molecule has 1 aliphatic heterocycles. The van der Waals surface area contributed by atoms with E-state index in [0.717, 1.165) is 31.2 Å². The maximum Gasteiger partial charge on any atom is 0.313 e. The Bertz CT molecular complexity index is 253. The first-order valence-corrected chi connectivity index (χ1v) is 6.40. The van der Waals surface area contributed by atoms with E-state index in [2.05, 4.69) is 0 Å². The lowest BCUT2D eigenvalue weighted by Crippen LogP contribution is -2.35. The molecule has 1 fully saturated rings. The first-order valence-electron chi connectivity index (χ1n) is 5.24. The molecular formula is C10H17NO4S. The number of rotatable bonds is 6. The number of aliphatic carboxylic acids is 1. The molecule has 92 valence electrons. The van der Waals surface area contributed by atoms with E-state index in [1.165, 1.54) is 0 Å². The summed E-state index contributed by atoms with van der Waals surface area (Å²) in [7, 11) is 1.73. The summed E-state index contributed by atoms with van der Waals surface area (Å²) >= 11 is 1.12. The van der Waals surface area contributed by atoms with Crippen LogP contribution in [0.5, 0.6) is 0 Å². The van der Waals surface area contributed by atoms with Crippen LogP contribution in [0.3, 0.4) is 0 Å². The number of thioether (sulfide) groups is 1. The smallest absolute Gasteiger partial charge is 0.313 e. The molecule has 1 heterocycles. The Balaban J connectivity index is 2.16. The zero-order chi connectivity index (χ0) is 12.0. The summed E-state index contributed by atoms with van der Waals surface area (Å²) in [6, 6.07) is 0. The van der Waals surface area contributed by atoms with Gasteiger partial charge < -0.3 is 14.7 Å². The number of hydrogen-bond donors (Lipinski definition) is 1. The second kappa shape index (κ2) is 6.75. The van der Waals surface area contributed by atoms with Gasteiger partial charge in [-0.15, -0.1) is 11.8 Å². The zero-order valence-electron chi connectivity index (χ0n) is 9.35. The van der Waals surface area contributed by atoms with Crippen LogP contribution in [-0.4, -0.2) is 59.7 Å². The second-order valence-electron chi connectivity index (χ2n) is 3.80. The molecule has 0 aromatic carbocycles. The van der Waals surface area contributed by atoms with Crippen LogP contribution in [0.25, 0.3) is 0 Å². The molecular weight excluding hydrogens is 230 g/mol. The minimum atomic E-state index is -0.889. The first kappa shape index (κ1) is 13.3. The van der Waals surface area contributed by atoms with Crippen molar-refractivity contribution in [2.75, 3.05) is 31.7 Å². The number of carbonyl (C=O) groups is 2. The number of likely N-dealkylation sites (N-methyl/N-ethyl adjacent to an activating group) is 1. The van der Waals surface area contributed by atoms with E-state index in [4.69, 9.17) is 9.84 Å². The fourth-order valence-electron chi connectivity index (χ4n) is 1.53. The third-order valence-electron chi connectivity index (χ3n) is 2.38. The molecule has 0 aromatic rings. The molecule has 0 bridgehead atoms. The van der Waals surface area contributed by atoms with Gasteiger partial charge in [-0.05, 0) is 12.8 Å². The first-order chi connectivity index (χ1) is 7.59. The van der Waals surface area contributed by atoms with Gasteiger partial charge in [0.1, 0.15) is 0 Å². The summed E-state index contributed by atoms with van der Waals surface area (Å²) in [4.78, 5) is 23.4. The van der Waals surface area contributed by atoms with Gasteiger partial charge in [0, 0.05) is 20.2 Å². The number of ether oxygens (including phenoxy) is 1. The van der Waals surface area contributed by atoms with Gasteiger partial charge in [0.25, 0.3) is 0 Å². The SMILES string of the molecule is CN(CC1CCCO1)C(=O)CSCC(=O)O. The normalized spacial score (nSPS) is 19.7. The summed E-state index contributed by atoms with van der Waals surface area (Å²) in [5.41, 5.74) is 0. The third kappa shape index (κ3) is 4.85. The maximum atomic E-state index is 11.6. The van der Waals surface area contributed by atoms with Crippen LogP contribution in [-0.2, 0) is 14.3 Å². The Morgan fingerprint density at radius 2 is 2.25 bits per heavy atom. The fourth-order valence-corrected chi connectivity index (χ4v) is 2.20. The molecule has 1 amide bonds. The molecule has 1 saturated heterocycles. The van der Waals surface area contributed by atoms with Gasteiger partial charge in [-0.3, -0.25) is 9.59 Å². The summed E-state index contributed by atoms with van der Waals surface area (Å²) in [6.45, 7) is 1.38. The number of amides is 1. The van der Waals surface area contributed by atoms with E-state index in [0.29, 0.717) is 6.54 Å². The molecule has 1 N–H and O–H groups in total. The van der Waals surface area contributed by atoms with Crippen molar-refractivity contribution < 1.29 is 19.4 Å². The van der Waals surface area contributed by atoms with Gasteiger partial charge in [0.2, 0.25) is 5.91 Å². The van der Waals surface area contributed by atoms with Crippen molar-refractivity contribution in [3.8, 4) is 0 Å². The summed E-state index contributed by atoms with van der Waals surface area (Å²) in [5, 5.41) is 8.43. The average Bonchev–Trinajstić information content (AvgIpc) is 2.69. The Kier molecular flexibility index (Phi) is 5.62. The number of carbonyl (C=O) groups excluding carboxylic acids is 1. The molecule has 0 aromatic heterocycles. The fraction of sp³-hybridized carbons (Fsp3) is 0.800. The number of carboxylic acids is 1. The Morgan fingerprint density at radius 3 is 2.81 bits per heavy atom. The molecule has 1 aliphatic rings. The van der Waals surface area contributed by atoms with Crippen molar-refractivity contribution in [1.82, 2.24) is 4.90 Å². The highest BCUT2D eigenvalue weighted by molar-refractivity contribution is 8.00. The lowest BCUT2D eigenvalue weighted by Gasteiger charge is -2.20. The molecule has 5 nitrogen and oxygen atoms in total. The van der Waals surface area contributed by atoms with Crippen LogP contribution in [0.15, 0.2) is 0 Å². The average molecular weight is 247 g/mol. The van der Waals surface area contributed by atoms with Crippen LogP contribution >= 0.6 is 11.8 Å².